The van der Waals surface area contributed by atoms with Crippen LogP contribution in [0.5, 0.6) is 0 Å². The summed E-state index contributed by atoms with van der Waals surface area (Å²) in [5.41, 5.74) is 6.00. The van der Waals surface area contributed by atoms with Gasteiger partial charge in [0.05, 0.1) is 0 Å². The number of hydrogen-bond donors (Lipinski definition) is 2. The summed E-state index contributed by atoms with van der Waals surface area (Å²) in [4.78, 5) is 0. The van der Waals surface area contributed by atoms with Crippen molar-refractivity contribution in [1.82, 2.24) is 0 Å². The van der Waals surface area contributed by atoms with E-state index in [2.05, 4.69) is 20.8 Å². The van der Waals surface area contributed by atoms with E-state index < -0.39 is 0 Å². The lowest BCUT2D eigenvalue weighted by molar-refractivity contribution is 0.250. The Hall–Kier alpha value is 0.210. The van der Waals surface area contributed by atoms with E-state index in [0.29, 0.717) is 0 Å². The summed E-state index contributed by atoms with van der Waals surface area (Å²) in [6.07, 6.45) is 1.70. The predicted molar refractivity (Wildman–Crippen MR) is 51.0 cm³/mol. The smallest absolute Gasteiger partial charge is 0.0445 e. The van der Waals surface area contributed by atoms with E-state index in [9.17, 15) is 0 Å². The van der Waals surface area contributed by atoms with Crippen LogP contribution in [0.2, 0.25) is 0 Å². The van der Waals surface area contributed by atoms with Crippen LogP contribution in [0, 0.1) is 5.41 Å². The minimum atomic E-state index is 0. The third kappa shape index (κ3) is 10.2. The largest absolute Gasteiger partial charge is 0.396 e. The Bertz CT molecular complexity index is 90.6. The summed E-state index contributed by atoms with van der Waals surface area (Å²) in [6, 6.07) is 0.157. The van der Waals surface area contributed by atoms with E-state index in [0.717, 1.165) is 12.8 Å². The molecule has 0 aliphatic carbocycles. The van der Waals surface area contributed by atoms with Crippen LogP contribution < -0.4 is 5.73 Å². The molecule has 0 aromatic rings. The quantitative estimate of drug-likeness (QED) is 0.694. The SMILES string of the molecule is CC(C)(C)CC(N)CCO.Cl. The molecule has 0 aliphatic heterocycles. The van der Waals surface area contributed by atoms with Gasteiger partial charge in [0, 0.05) is 12.6 Å². The molecule has 2 nitrogen and oxygen atoms in total. The maximum atomic E-state index is 8.55. The molecule has 3 N–H and O–H groups in total. The Morgan fingerprint density at radius 3 is 2.09 bits per heavy atom. The maximum absolute atomic E-state index is 8.55. The minimum Gasteiger partial charge on any atom is -0.396 e. The molecule has 0 radical (unpaired) electrons. The van der Waals surface area contributed by atoms with Gasteiger partial charge in [0.1, 0.15) is 0 Å². The molecule has 0 rings (SSSR count). The molecule has 0 bridgehead atoms. The third-order valence-corrected chi connectivity index (χ3v) is 1.37. The molecule has 0 heterocycles. The first kappa shape index (κ1) is 13.8. The van der Waals surface area contributed by atoms with Crippen LogP contribution in [-0.4, -0.2) is 17.8 Å². The molecule has 0 aromatic heterocycles. The summed E-state index contributed by atoms with van der Waals surface area (Å²) in [6.45, 7) is 6.68. The molecule has 0 fully saturated rings. The van der Waals surface area contributed by atoms with Gasteiger partial charge in [-0.25, -0.2) is 0 Å². The highest BCUT2D eigenvalue weighted by Gasteiger charge is 2.14. The van der Waals surface area contributed by atoms with Gasteiger partial charge in [-0.05, 0) is 18.3 Å². The van der Waals surface area contributed by atoms with Gasteiger partial charge in [0.2, 0.25) is 0 Å². The maximum Gasteiger partial charge on any atom is 0.0445 e. The average Bonchev–Trinajstić information content (AvgIpc) is 1.59. The molecule has 0 spiro atoms. The van der Waals surface area contributed by atoms with Crippen molar-refractivity contribution in [3.05, 3.63) is 0 Å². The average molecular weight is 182 g/mol. The van der Waals surface area contributed by atoms with Gasteiger partial charge in [0.25, 0.3) is 0 Å². The van der Waals surface area contributed by atoms with E-state index >= 15 is 0 Å². The number of aliphatic hydroxyl groups is 1. The molecule has 0 saturated carbocycles. The Morgan fingerprint density at radius 2 is 1.82 bits per heavy atom. The fourth-order valence-electron chi connectivity index (χ4n) is 1.05. The van der Waals surface area contributed by atoms with Crippen LogP contribution in [0.15, 0.2) is 0 Å². The lowest BCUT2D eigenvalue weighted by atomic mass is 9.87. The standard InChI is InChI=1S/C8H19NO.ClH/c1-8(2,3)6-7(9)4-5-10;/h7,10H,4-6,9H2,1-3H3;1H. The number of rotatable bonds is 3. The van der Waals surface area contributed by atoms with Gasteiger partial charge >= 0.3 is 0 Å². The first-order valence-electron chi connectivity index (χ1n) is 3.82. The molecule has 1 unspecified atom stereocenters. The van der Waals surface area contributed by atoms with E-state index in [4.69, 9.17) is 10.8 Å². The fraction of sp³-hybridized carbons (Fsp3) is 1.00. The molecule has 1 atom stereocenters. The second-order valence-electron chi connectivity index (χ2n) is 4.04. The number of aliphatic hydroxyl groups excluding tert-OH is 1. The summed E-state index contributed by atoms with van der Waals surface area (Å²) < 4.78 is 0. The van der Waals surface area contributed by atoms with Crippen LogP contribution in [0.3, 0.4) is 0 Å². The second-order valence-corrected chi connectivity index (χ2v) is 4.04. The Labute approximate surface area is 75.6 Å². The van der Waals surface area contributed by atoms with E-state index in [1.165, 1.54) is 0 Å². The van der Waals surface area contributed by atoms with Gasteiger partial charge in [0.15, 0.2) is 0 Å². The molecule has 70 valence electrons. The van der Waals surface area contributed by atoms with Crippen LogP contribution >= 0.6 is 12.4 Å². The molecule has 11 heavy (non-hydrogen) atoms. The number of hydrogen-bond acceptors (Lipinski definition) is 2. The van der Waals surface area contributed by atoms with Crippen molar-refractivity contribution in [1.29, 1.82) is 0 Å². The van der Waals surface area contributed by atoms with Crippen LogP contribution in [0.25, 0.3) is 0 Å². The Balaban J connectivity index is 0. The lowest BCUT2D eigenvalue weighted by Gasteiger charge is -2.22. The molecule has 0 saturated heterocycles. The van der Waals surface area contributed by atoms with Crippen LogP contribution in [-0.2, 0) is 0 Å². The van der Waals surface area contributed by atoms with Crippen molar-refractivity contribution in [2.24, 2.45) is 11.1 Å². The summed E-state index contributed by atoms with van der Waals surface area (Å²) >= 11 is 0. The Kier molecular flexibility index (Phi) is 7.28. The normalized spacial score (nSPS) is 13.9. The summed E-state index contributed by atoms with van der Waals surface area (Å²) in [7, 11) is 0. The third-order valence-electron chi connectivity index (χ3n) is 1.37. The van der Waals surface area contributed by atoms with Gasteiger partial charge in [-0.3, -0.25) is 0 Å². The zero-order valence-electron chi connectivity index (χ0n) is 7.63. The minimum absolute atomic E-state index is 0. The molecular weight excluding hydrogens is 162 g/mol. The summed E-state index contributed by atoms with van der Waals surface area (Å²) in [5, 5.41) is 8.55. The van der Waals surface area contributed by atoms with Crippen LogP contribution in [0.4, 0.5) is 0 Å². The zero-order chi connectivity index (χ0) is 8.20. The predicted octanol–water partition coefficient (Wildman–Crippen LogP) is 1.55. The Morgan fingerprint density at radius 1 is 1.36 bits per heavy atom. The molecule has 0 aliphatic rings. The van der Waals surface area contributed by atoms with E-state index in [1.807, 2.05) is 0 Å². The molecule has 3 heteroatoms. The zero-order valence-corrected chi connectivity index (χ0v) is 8.45. The first-order chi connectivity index (χ1) is 4.45. The van der Waals surface area contributed by atoms with Crippen LogP contribution in [0.1, 0.15) is 33.6 Å². The van der Waals surface area contributed by atoms with E-state index in [-0.39, 0.29) is 30.5 Å². The number of nitrogens with two attached hydrogens (primary N) is 1. The highest BCUT2D eigenvalue weighted by molar-refractivity contribution is 5.85. The van der Waals surface area contributed by atoms with E-state index in [1.54, 1.807) is 0 Å². The topological polar surface area (TPSA) is 46.2 Å². The number of halogens is 1. The van der Waals surface area contributed by atoms with Gasteiger partial charge in [-0.1, -0.05) is 20.8 Å². The van der Waals surface area contributed by atoms with Crippen molar-refractivity contribution >= 4 is 12.4 Å². The van der Waals surface area contributed by atoms with Gasteiger partial charge in [-0.2, -0.15) is 0 Å². The van der Waals surface area contributed by atoms with Crippen molar-refractivity contribution in [2.75, 3.05) is 6.61 Å². The summed E-state index contributed by atoms with van der Waals surface area (Å²) in [5.74, 6) is 0. The first-order valence-corrected chi connectivity index (χ1v) is 3.82. The molecule has 0 aromatic carbocycles. The van der Waals surface area contributed by atoms with Gasteiger partial charge < -0.3 is 10.8 Å². The monoisotopic (exact) mass is 181 g/mol. The van der Waals surface area contributed by atoms with Crippen molar-refractivity contribution < 1.29 is 5.11 Å². The molecule has 0 amide bonds. The fourth-order valence-corrected chi connectivity index (χ4v) is 1.05. The van der Waals surface area contributed by atoms with Crippen molar-refractivity contribution in [3.8, 4) is 0 Å². The van der Waals surface area contributed by atoms with Crippen molar-refractivity contribution in [3.63, 3.8) is 0 Å². The highest BCUT2D eigenvalue weighted by Crippen LogP contribution is 2.20. The van der Waals surface area contributed by atoms with Gasteiger partial charge in [-0.15, -0.1) is 12.4 Å². The second kappa shape index (κ2) is 5.81. The lowest BCUT2D eigenvalue weighted by Crippen LogP contribution is -2.27. The van der Waals surface area contributed by atoms with Crippen molar-refractivity contribution in [2.45, 2.75) is 39.7 Å². The molecular formula is C8H20ClNO. The highest BCUT2D eigenvalue weighted by atomic mass is 35.5.